The summed E-state index contributed by atoms with van der Waals surface area (Å²) in [5.41, 5.74) is 0.858. The maximum atomic E-state index is 10.4. The van der Waals surface area contributed by atoms with E-state index in [1.165, 1.54) is 4.68 Å². The van der Waals surface area contributed by atoms with Crippen LogP contribution in [0.5, 0.6) is 0 Å². The fourth-order valence-corrected chi connectivity index (χ4v) is 1.22. The molecule has 0 aliphatic rings. The molecule has 0 spiro atoms. The molecule has 5 heteroatoms. The van der Waals surface area contributed by atoms with Crippen molar-refractivity contribution in [2.75, 3.05) is 0 Å². The normalized spacial score (nSPS) is 10.3. The summed E-state index contributed by atoms with van der Waals surface area (Å²) in [5, 5.41) is 12.5. The van der Waals surface area contributed by atoms with Gasteiger partial charge in [0.05, 0.1) is 11.9 Å². The second kappa shape index (κ2) is 3.37. The van der Waals surface area contributed by atoms with Crippen molar-refractivity contribution in [3.8, 4) is 5.69 Å². The molecule has 5 nitrogen and oxygen atoms in total. The smallest absolute Gasteiger partial charge is 0.325 e. The van der Waals surface area contributed by atoms with E-state index in [2.05, 4.69) is 5.10 Å². The lowest BCUT2D eigenvalue weighted by molar-refractivity contribution is -0.137. The minimum atomic E-state index is -0.896. The number of aromatic nitrogens is 3. The number of aliphatic carboxylic acids is 1. The van der Waals surface area contributed by atoms with Gasteiger partial charge >= 0.3 is 5.97 Å². The first kappa shape index (κ1) is 8.55. The van der Waals surface area contributed by atoms with Crippen LogP contribution in [-0.4, -0.2) is 25.4 Å². The van der Waals surface area contributed by atoms with Gasteiger partial charge in [0.2, 0.25) is 0 Å². The van der Waals surface area contributed by atoms with Crippen molar-refractivity contribution in [1.29, 1.82) is 0 Å². The molecule has 0 aromatic carbocycles. The van der Waals surface area contributed by atoms with Crippen LogP contribution in [0.15, 0.2) is 36.9 Å². The van der Waals surface area contributed by atoms with Crippen molar-refractivity contribution in [2.24, 2.45) is 0 Å². The van der Waals surface area contributed by atoms with Crippen LogP contribution in [0.4, 0.5) is 0 Å². The summed E-state index contributed by atoms with van der Waals surface area (Å²) < 4.78 is 3.25. The highest BCUT2D eigenvalue weighted by Gasteiger charge is 2.02. The number of carboxylic acid groups (broad SMARTS) is 1. The molecule has 2 aromatic heterocycles. The first-order chi connectivity index (χ1) is 6.75. The van der Waals surface area contributed by atoms with Crippen LogP contribution >= 0.6 is 0 Å². The molecule has 2 rings (SSSR count). The Labute approximate surface area is 80.2 Å². The Morgan fingerprint density at radius 3 is 2.79 bits per heavy atom. The molecule has 0 aliphatic heterocycles. The fraction of sp³-hybridized carbons (Fsp3) is 0.111. The summed E-state index contributed by atoms with van der Waals surface area (Å²) >= 11 is 0. The molecule has 0 bridgehead atoms. The molecule has 0 atom stereocenters. The summed E-state index contributed by atoms with van der Waals surface area (Å²) in [6, 6.07) is 3.79. The molecule has 0 fully saturated rings. The van der Waals surface area contributed by atoms with Crippen LogP contribution in [0.2, 0.25) is 0 Å². The van der Waals surface area contributed by atoms with Gasteiger partial charge in [0.15, 0.2) is 0 Å². The Morgan fingerprint density at radius 2 is 2.14 bits per heavy atom. The molecule has 0 amide bonds. The van der Waals surface area contributed by atoms with Crippen LogP contribution < -0.4 is 0 Å². The number of hydrogen-bond acceptors (Lipinski definition) is 2. The molecular weight excluding hydrogens is 182 g/mol. The van der Waals surface area contributed by atoms with Gasteiger partial charge in [-0.05, 0) is 12.1 Å². The second-order valence-corrected chi connectivity index (χ2v) is 2.88. The molecule has 0 radical (unpaired) electrons. The highest BCUT2D eigenvalue weighted by Crippen LogP contribution is 2.05. The Morgan fingerprint density at radius 1 is 1.43 bits per heavy atom. The van der Waals surface area contributed by atoms with Crippen molar-refractivity contribution in [2.45, 2.75) is 6.54 Å². The molecule has 2 aromatic rings. The molecule has 2 heterocycles. The Bertz CT molecular complexity index is 431. The average Bonchev–Trinajstić information content (AvgIpc) is 2.69. The van der Waals surface area contributed by atoms with E-state index >= 15 is 0 Å². The maximum Gasteiger partial charge on any atom is 0.325 e. The summed E-state index contributed by atoms with van der Waals surface area (Å²) in [7, 11) is 0. The summed E-state index contributed by atoms with van der Waals surface area (Å²) in [4.78, 5) is 10.4. The van der Waals surface area contributed by atoms with E-state index in [0.717, 1.165) is 5.69 Å². The Hall–Kier alpha value is -2.04. The minimum absolute atomic E-state index is 0.110. The van der Waals surface area contributed by atoms with Crippen LogP contribution in [-0.2, 0) is 11.3 Å². The molecule has 0 saturated carbocycles. The van der Waals surface area contributed by atoms with Gasteiger partial charge in [-0.2, -0.15) is 5.10 Å². The quantitative estimate of drug-likeness (QED) is 0.779. The minimum Gasteiger partial charge on any atom is -0.480 e. The predicted molar refractivity (Wildman–Crippen MR) is 49.2 cm³/mol. The van der Waals surface area contributed by atoms with Gasteiger partial charge in [0.1, 0.15) is 6.54 Å². The highest BCUT2D eigenvalue weighted by atomic mass is 16.4. The topological polar surface area (TPSA) is 60.0 Å². The van der Waals surface area contributed by atoms with Crippen LogP contribution in [0.3, 0.4) is 0 Å². The number of nitrogens with zero attached hydrogens (tertiary/aromatic N) is 3. The lowest BCUT2D eigenvalue weighted by atomic mass is 10.5. The van der Waals surface area contributed by atoms with Crippen molar-refractivity contribution in [3.05, 3.63) is 36.9 Å². The van der Waals surface area contributed by atoms with E-state index in [9.17, 15) is 4.79 Å². The lowest BCUT2D eigenvalue weighted by Gasteiger charge is -1.95. The van der Waals surface area contributed by atoms with Gasteiger partial charge in [-0.25, -0.2) is 0 Å². The SMILES string of the molecule is O=C(O)Cn1cc(-n2cccc2)cn1. The van der Waals surface area contributed by atoms with E-state index in [1.54, 1.807) is 12.4 Å². The monoisotopic (exact) mass is 191 g/mol. The molecular formula is C9H9N3O2. The zero-order chi connectivity index (χ0) is 9.97. The third-order valence-electron chi connectivity index (χ3n) is 1.82. The fourth-order valence-electron chi connectivity index (χ4n) is 1.22. The lowest BCUT2D eigenvalue weighted by Crippen LogP contribution is -2.08. The third kappa shape index (κ3) is 1.66. The molecule has 1 N–H and O–H groups in total. The van der Waals surface area contributed by atoms with Gasteiger partial charge < -0.3 is 9.67 Å². The maximum absolute atomic E-state index is 10.4. The van der Waals surface area contributed by atoms with Crippen molar-refractivity contribution < 1.29 is 9.90 Å². The first-order valence-electron chi connectivity index (χ1n) is 4.13. The highest BCUT2D eigenvalue weighted by molar-refractivity contribution is 5.66. The van der Waals surface area contributed by atoms with Gasteiger partial charge in [-0.1, -0.05) is 0 Å². The summed E-state index contributed by atoms with van der Waals surface area (Å²) in [5.74, 6) is -0.896. The first-order valence-corrected chi connectivity index (χ1v) is 4.13. The van der Waals surface area contributed by atoms with Gasteiger partial charge in [-0.3, -0.25) is 9.48 Å². The van der Waals surface area contributed by atoms with Crippen molar-refractivity contribution >= 4 is 5.97 Å². The van der Waals surface area contributed by atoms with E-state index in [1.807, 2.05) is 29.1 Å². The Balaban J connectivity index is 2.22. The second-order valence-electron chi connectivity index (χ2n) is 2.88. The van der Waals surface area contributed by atoms with Crippen molar-refractivity contribution in [3.63, 3.8) is 0 Å². The zero-order valence-electron chi connectivity index (χ0n) is 7.37. The third-order valence-corrected chi connectivity index (χ3v) is 1.82. The van der Waals surface area contributed by atoms with Gasteiger partial charge in [-0.15, -0.1) is 0 Å². The molecule has 0 aliphatic carbocycles. The number of carbonyl (C=O) groups is 1. The molecule has 14 heavy (non-hydrogen) atoms. The zero-order valence-corrected chi connectivity index (χ0v) is 7.37. The Kier molecular flexibility index (Phi) is 2.06. The number of carboxylic acids is 1. The van der Waals surface area contributed by atoms with Gasteiger partial charge in [0.25, 0.3) is 0 Å². The van der Waals surface area contributed by atoms with Crippen molar-refractivity contribution in [1.82, 2.24) is 14.3 Å². The van der Waals surface area contributed by atoms with E-state index in [0.29, 0.717) is 0 Å². The van der Waals surface area contributed by atoms with Crippen LogP contribution in [0, 0.1) is 0 Å². The summed E-state index contributed by atoms with van der Waals surface area (Å²) in [6.45, 7) is -0.110. The largest absolute Gasteiger partial charge is 0.480 e. The van der Waals surface area contributed by atoms with E-state index in [4.69, 9.17) is 5.11 Å². The predicted octanol–water partition coefficient (Wildman–Crippen LogP) is 0.758. The molecule has 72 valence electrons. The van der Waals surface area contributed by atoms with Crippen LogP contribution in [0.1, 0.15) is 0 Å². The standard InChI is InChI=1S/C9H9N3O2/c13-9(14)7-12-6-8(5-10-12)11-3-1-2-4-11/h1-6H,7H2,(H,13,14). The van der Waals surface area contributed by atoms with E-state index < -0.39 is 5.97 Å². The number of rotatable bonds is 3. The molecule has 0 unspecified atom stereocenters. The summed E-state index contributed by atoms with van der Waals surface area (Å²) in [6.07, 6.45) is 7.07. The van der Waals surface area contributed by atoms with Gasteiger partial charge in [0, 0.05) is 18.6 Å². The number of hydrogen-bond donors (Lipinski definition) is 1. The molecule has 0 saturated heterocycles. The van der Waals surface area contributed by atoms with Crippen LogP contribution in [0.25, 0.3) is 5.69 Å². The van der Waals surface area contributed by atoms with E-state index in [-0.39, 0.29) is 6.54 Å². The average molecular weight is 191 g/mol.